The third-order valence-electron chi connectivity index (χ3n) is 3.72. The van der Waals surface area contributed by atoms with Crippen LogP contribution >= 0.6 is 11.6 Å². The van der Waals surface area contributed by atoms with Crippen molar-refractivity contribution in [3.8, 4) is 0 Å². The molecule has 1 aromatic rings. The van der Waals surface area contributed by atoms with Crippen LogP contribution in [-0.4, -0.2) is 40.0 Å². The summed E-state index contributed by atoms with van der Waals surface area (Å²) in [6.45, 7) is 2.46. The molecule has 1 aliphatic heterocycles. The first-order valence-electron chi connectivity index (χ1n) is 6.31. The molecule has 7 heteroatoms. The van der Waals surface area contributed by atoms with Crippen molar-refractivity contribution in [2.45, 2.75) is 19.4 Å². The van der Waals surface area contributed by atoms with Crippen LogP contribution in [0.25, 0.3) is 0 Å². The van der Waals surface area contributed by atoms with Crippen molar-refractivity contribution in [3.05, 3.63) is 38.9 Å². The van der Waals surface area contributed by atoms with Crippen molar-refractivity contribution in [1.29, 1.82) is 0 Å². The smallest absolute Gasteiger partial charge is 0.287 e. The van der Waals surface area contributed by atoms with Gasteiger partial charge in [0.2, 0.25) is 0 Å². The minimum Gasteiger partial charge on any atom is -0.394 e. The average molecular weight is 299 g/mol. The van der Waals surface area contributed by atoms with Crippen molar-refractivity contribution in [2.75, 3.05) is 13.2 Å². The van der Waals surface area contributed by atoms with Crippen LogP contribution in [0, 0.1) is 16.0 Å². The largest absolute Gasteiger partial charge is 0.394 e. The number of rotatable bonds is 3. The van der Waals surface area contributed by atoms with Crippen molar-refractivity contribution >= 4 is 23.2 Å². The quantitative estimate of drug-likeness (QED) is 0.684. The molecule has 1 saturated heterocycles. The molecule has 20 heavy (non-hydrogen) atoms. The number of nitro groups is 1. The van der Waals surface area contributed by atoms with Crippen LogP contribution < -0.4 is 0 Å². The van der Waals surface area contributed by atoms with Gasteiger partial charge in [-0.3, -0.25) is 14.9 Å². The van der Waals surface area contributed by atoms with Crippen LogP contribution in [-0.2, 0) is 0 Å². The lowest BCUT2D eigenvalue weighted by molar-refractivity contribution is -0.384. The molecule has 0 spiro atoms. The number of carbonyl (C=O) groups excluding carboxylic acids is 1. The molecule has 0 bridgehead atoms. The van der Waals surface area contributed by atoms with Crippen LogP contribution in [0.2, 0.25) is 5.02 Å². The molecule has 0 radical (unpaired) electrons. The summed E-state index contributed by atoms with van der Waals surface area (Å²) in [6.07, 6.45) is 0.831. The van der Waals surface area contributed by atoms with E-state index in [2.05, 4.69) is 0 Å². The Hall–Kier alpha value is -1.66. The Balaban J connectivity index is 2.26. The van der Waals surface area contributed by atoms with E-state index in [1.165, 1.54) is 18.2 Å². The van der Waals surface area contributed by atoms with E-state index in [4.69, 9.17) is 11.6 Å². The van der Waals surface area contributed by atoms with Gasteiger partial charge >= 0.3 is 0 Å². The topological polar surface area (TPSA) is 83.7 Å². The number of likely N-dealkylation sites (tertiary alicyclic amines) is 1. The van der Waals surface area contributed by atoms with Gasteiger partial charge in [-0.05, 0) is 24.5 Å². The molecular formula is C13H15ClN2O4. The molecule has 2 atom stereocenters. The summed E-state index contributed by atoms with van der Waals surface area (Å²) < 4.78 is 0. The lowest BCUT2D eigenvalue weighted by Crippen LogP contribution is -2.39. The van der Waals surface area contributed by atoms with Crippen LogP contribution in [0.1, 0.15) is 23.7 Å². The fourth-order valence-electron chi connectivity index (χ4n) is 2.49. The third-order valence-corrected chi connectivity index (χ3v) is 4.02. The first-order valence-corrected chi connectivity index (χ1v) is 6.69. The number of halogens is 1. The summed E-state index contributed by atoms with van der Waals surface area (Å²) in [4.78, 5) is 24.1. The van der Waals surface area contributed by atoms with Crippen molar-refractivity contribution in [2.24, 2.45) is 5.92 Å². The summed E-state index contributed by atoms with van der Waals surface area (Å²) in [7, 11) is 0. The van der Waals surface area contributed by atoms with E-state index in [1.807, 2.05) is 6.92 Å². The van der Waals surface area contributed by atoms with Gasteiger partial charge in [-0.25, -0.2) is 0 Å². The minimum absolute atomic E-state index is 0.0614. The Bertz CT molecular complexity index is 549. The Morgan fingerprint density at radius 2 is 2.30 bits per heavy atom. The predicted octanol–water partition coefficient (Wildman–Crippen LogP) is 2.09. The highest BCUT2D eigenvalue weighted by molar-refractivity contribution is 6.33. The zero-order chi connectivity index (χ0) is 14.9. The van der Waals surface area contributed by atoms with Gasteiger partial charge in [0.05, 0.1) is 17.6 Å². The fraction of sp³-hybridized carbons (Fsp3) is 0.462. The van der Waals surface area contributed by atoms with E-state index < -0.39 is 4.92 Å². The summed E-state index contributed by atoms with van der Waals surface area (Å²) in [5.41, 5.74) is 0.0739. The SMILES string of the molecule is CC1CCN(C(=O)c2ccc([N+](=O)[O-])c(Cl)c2)C1CO. The van der Waals surface area contributed by atoms with E-state index in [9.17, 15) is 20.0 Å². The van der Waals surface area contributed by atoms with Crippen molar-refractivity contribution in [3.63, 3.8) is 0 Å². The van der Waals surface area contributed by atoms with E-state index in [0.717, 1.165) is 6.42 Å². The van der Waals surface area contributed by atoms with Gasteiger partial charge in [0.25, 0.3) is 11.6 Å². The summed E-state index contributed by atoms with van der Waals surface area (Å²) in [5, 5.41) is 20.0. The maximum absolute atomic E-state index is 12.4. The molecule has 1 aliphatic rings. The summed E-state index contributed by atoms with van der Waals surface area (Å²) in [5.74, 6) is -0.0253. The maximum Gasteiger partial charge on any atom is 0.287 e. The number of nitrogens with zero attached hydrogens (tertiary/aromatic N) is 2. The molecule has 1 aromatic carbocycles. The molecule has 2 unspecified atom stereocenters. The monoisotopic (exact) mass is 298 g/mol. The summed E-state index contributed by atoms with van der Waals surface area (Å²) >= 11 is 5.81. The van der Waals surface area contributed by atoms with E-state index in [-0.39, 0.29) is 35.2 Å². The third kappa shape index (κ3) is 2.62. The van der Waals surface area contributed by atoms with Crippen LogP contribution in [0.3, 0.4) is 0 Å². The van der Waals surface area contributed by atoms with Gasteiger partial charge in [0.1, 0.15) is 5.02 Å². The number of hydrogen-bond acceptors (Lipinski definition) is 4. The highest BCUT2D eigenvalue weighted by Gasteiger charge is 2.34. The number of carbonyl (C=O) groups is 1. The molecule has 1 N–H and O–H groups in total. The molecule has 2 rings (SSSR count). The molecule has 0 saturated carbocycles. The Morgan fingerprint density at radius 3 is 2.85 bits per heavy atom. The Kier molecular flexibility index (Phi) is 4.25. The standard InChI is InChI=1S/C13H15ClN2O4/c1-8-4-5-15(12(8)7-17)13(18)9-2-3-11(16(19)20)10(14)6-9/h2-3,6,8,12,17H,4-5,7H2,1H3. The molecule has 1 fully saturated rings. The molecule has 0 aliphatic carbocycles. The first kappa shape index (κ1) is 14.7. The second-order valence-corrected chi connectivity index (χ2v) is 5.34. The number of hydrogen-bond donors (Lipinski definition) is 1. The molecule has 1 amide bonds. The highest BCUT2D eigenvalue weighted by Crippen LogP contribution is 2.29. The lowest BCUT2D eigenvalue weighted by Gasteiger charge is -2.25. The predicted molar refractivity (Wildman–Crippen MR) is 73.8 cm³/mol. The van der Waals surface area contributed by atoms with Gasteiger partial charge in [0.15, 0.2) is 0 Å². The van der Waals surface area contributed by atoms with E-state index in [1.54, 1.807) is 4.90 Å². The van der Waals surface area contributed by atoms with Crippen LogP contribution in [0.4, 0.5) is 5.69 Å². The Labute approximate surface area is 121 Å². The second-order valence-electron chi connectivity index (χ2n) is 4.94. The zero-order valence-electron chi connectivity index (χ0n) is 11.0. The van der Waals surface area contributed by atoms with Gasteiger partial charge in [-0.15, -0.1) is 0 Å². The van der Waals surface area contributed by atoms with Crippen LogP contribution in [0.5, 0.6) is 0 Å². The Morgan fingerprint density at radius 1 is 1.60 bits per heavy atom. The van der Waals surface area contributed by atoms with Gasteiger partial charge in [-0.1, -0.05) is 18.5 Å². The number of amides is 1. The zero-order valence-corrected chi connectivity index (χ0v) is 11.7. The number of nitro benzene ring substituents is 1. The average Bonchev–Trinajstić information content (AvgIpc) is 2.78. The second kappa shape index (κ2) is 5.76. The normalized spacial score (nSPS) is 22.1. The highest BCUT2D eigenvalue weighted by atomic mass is 35.5. The first-order chi connectivity index (χ1) is 9.45. The van der Waals surface area contributed by atoms with E-state index >= 15 is 0 Å². The molecule has 6 nitrogen and oxygen atoms in total. The molecular weight excluding hydrogens is 284 g/mol. The minimum atomic E-state index is -0.592. The van der Waals surface area contributed by atoms with Crippen molar-refractivity contribution < 1.29 is 14.8 Å². The summed E-state index contributed by atoms with van der Waals surface area (Å²) in [6, 6.07) is 3.71. The van der Waals surface area contributed by atoms with E-state index in [0.29, 0.717) is 12.1 Å². The lowest BCUT2D eigenvalue weighted by atomic mass is 10.0. The molecule has 0 aromatic heterocycles. The fourth-order valence-corrected chi connectivity index (χ4v) is 2.74. The van der Waals surface area contributed by atoms with Crippen LogP contribution in [0.15, 0.2) is 18.2 Å². The number of benzene rings is 1. The van der Waals surface area contributed by atoms with Gasteiger partial charge in [0, 0.05) is 18.2 Å². The number of aliphatic hydroxyl groups is 1. The number of aliphatic hydroxyl groups excluding tert-OH is 1. The maximum atomic E-state index is 12.4. The van der Waals surface area contributed by atoms with Crippen molar-refractivity contribution in [1.82, 2.24) is 4.90 Å². The van der Waals surface area contributed by atoms with Gasteiger partial charge in [-0.2, -0.15) is 0 Å². The van der Waals surface area contributed by atoms with Gasteiger partial charge < -0.3 is 10.0 Å². The molecule has 1 heterocycles. The molecule has 108 valence electrons.